The molecule has 1 aromatic carbocycles. The minimum atomic E-state index is -0.374. The summed E-state index contributed by atoms with van der Waals surface area (Å²) in [5.41, 5.74) is 11.8. The maximum absolute atomic E-state index is 13.6. The van der Waals surface area contributed by atoms with Gasteiger partial charge in [-0.05, 0) is 23.6 Å². The first-order chi connectivity index (χ1) is 9.92. The zero-order valence-corrected chi connectivity index (χ0v) is 12.5. The van der Waals surface area contributed by atoms with Crippen molar-refractivity contribution in [1.29, 1.82) is 0 Å². The van der Waals surface area contributed by atoms with Crippen molar-refractivity contribution in [3.05, 3.63) is 35.1 Å². The van der Waals surface area contributed by atoms with Crippen LogP contribution in [-0.4, -0.2) is 30.4 Å². The topological polar surface area (TPSA) is 72.3 Å². The fourth-order valence-corrected chi connectivity index (χ4v) is 2.09. The number of hydrogen-bond donors (Lipinski definition) is 2. The van der Waals surface area contributed by atoms with Crippen LogP contribution in [0.5, 0.6) is 0 Å². The zero-order chi connectivity index (χ0) is 15.8. The predicted octanol–water partition coefficient (Wildman–Crippen LogP) is 1.08. The van der Waals surface area contributed by atoms with Crippen LogP contribution in [0, 0.1) is 23.6 Å². The summed E-state index contributed by atoms with van der Waals surface area (Å²) in [7, 11) is 0. The van der Waals surface area contributed by atoms with E-state index in [1.54, 1.807) is 12.1 Å². The van der Waals surface area contributed by atoms with Gasteiger partial charge < -0.3 is 11.5 Å². The van der Waals surface area contributed by atoms with Crippen molar-refractivity contribution in [2.45, 2.75) is 20.4 Å². The highest BCUT2D eigenvalue weighted by atomic mass is 19.1. The fourth-order valence-electron chi connectivity index (χ4n) is 2.09. The van der Waals surface area contributed by atoms with Crippen LogP contribution in [0.1, 0.15) is 25.0 Å². The molecule has 0 bridgehead atoms. The minimum Gasteiger partial charge on any atom is -0.369 e. The maximum atomic E-state index is 13.6. The number of benzene rings is 1. The Morgan fingerprint density at radius 1 is 1.43 bits per heavy atom. The van der Waals surface area contributed by atoms with Crippen LogP contribution in [0.15, 0.2) is 18.2 Å². The largest absolute Gasteiger partial charge is 0.369 e. The highest BCUT2D eigenvalue weighted by Crippen LogP contribution is 2.12. The third-order valence-corrected chi connectivity index (χ3v) is 2.76. The standard InChI is InChI=1S/C16H22FN3O/c1-12(2)9-20(11-16(19)21)10-13-5-6-15(17)14(8-13)4-3-7-18/h5-6,8,12H,7,9-11,18H2,1-2H3,(H2,19,21). The van der Waals surface area contributed by atoms with E-state index in [1.165, 1.54) is 6.07 Å². The minimum absolute atomic E-state index is 0.180. The lowest BCUT2D eigenvalue weighted by Gasteiger charge is -2.23. The van der Waals surface area contributed by atoms with Crippen molar-refractivity contribution in [3.8, 4) is 11.8 Å². The lowest BCUT2D eigenvalue weighted by Crippen LogP contribution is -2.35. The second-order valence-corrected chi connectivity index (χ2v) is 5.35. The molecule has 0 aliphatic rings. The molecule has 0 aliphatic heterocycles. The van der Waals surface area contributed by atoms with Gasteiger partial charge in [-0.3, -0.25) is 9.69 Å². The molecular formula is C16H22FN3O. The molecule has 0 spiro atoms. The van der Waals surface area contributed by atoms with Gasteiger partial charge in [-0.25, -0.2) is 4.39 Å². The molecule has 1 rings (SSSR count). The molecule has 0 saturated heterocycles. The van der Waals surface area contributed by atoms with E-state index in [2.05, 4.69) is 25.7 Å². The molecule has 1 amide bonds. The molecule has 0 atom stereocenters. The average Bonchev–Trinajstić information content (AvgIpc) is 2.37. The second-order valence-electron chi connectivity index (χ2n) is 5.35. The monoisotopic (exact) mass is 291 g/mol. The van der Waals surface area contributed by atoms with Crippen LogP contribution in [0.25, 0.3) is 0 Å². The summed E-state index contributed by atoms with van der Waals surface area (Å²) in [6.45, 7) is 5.76. The summed E-state index contributed by atoms with van der Waals surface area (Å²) in [5, 5.41) is 0. The van der Waals surface area contributed by atoms with Crippen LogP contribution >= 0.6 is 0 Å². The average molecular weight is 291 g/mol. The Morgan fingerprint density at radius 2 is 2.14 bits per heavy atom. The van der Waals surface area contributed by atoms with E-state index < -0.39 is 0 Å². The van der Waals surface area contributed by atoms with Crippen molar-refractivity contribution in [3.63, 3.8) is 0 Å². The molecule has 0 aromatic heterocycles. The Balaban J connectivity index is 2.90. The Labute approximate surface area is 125 Å². The quantitative estimate of drug-likeness (QED) is 0.770. The van der Waals surface area contributed by atoms with Gasteiger partial charge in [-0.1, -0.05) is 31.8 Å². The normalized spacial score (nSPS) is 10.6. The third kappa shape index (κ3) is 6.39. The van der Waals surface area contributed by atoms with E-state index >= 15 is 0 Å². The summed E-state index contributed by atoms with van der Waals surface area (Å²) < 4.78 is 13.6. The van der Waals surface area contributed by atoms with Crippen LogP contribution in [-0.2, 0) is 11.3 Å². The van der Waals surface area contributed by atoms with E-state index in [4.69, 9.17) is 11.5 Å². The van der Waals surface area contributed by atoms with Gasteiger partial charge in [0.1, 0.15) is 5.82 Å². The molecule has 1 aromatic rings. The molecular weight excluding hydrogens is 269 g/mol. The molecule has 0 saturated carbocycles. The van der Waals surface area contributed by atoms with Crippen molar-refractivity contribution in [2.24, 2.45) is 17.4 Å². The number of nitrogens with zero attached hydrogens (tertiary/aromatic N) is 1. The summed E-state index contributed by atoms with van der Waals surface area (Å²) in [4.78, 5) is 13.1. The van der Waals surface area contributed by atoms with Crippen molar-refractivity contribution in [2.75, 3.05) is 19.6 Å². The number of amides is 1. The molecule has 0 heterocycles. The van der Waals surface area contributed by atoms with Crippen LogP contribution < -0.4 is 11.5 Å². The van der Waals surface area contributed by atoms with Gasteiger partial charge in [0.15, 0.2) is 0 Å². The molecule has 5 heteroatoms. The molecule has 4 N–H and O–H groups in total. The van der Waals surface area contributed by atoms with Gasteiger partial charge in [0, 0.05) is 13.1 Å². The lowest BCUT2D eigenvalue weighted by atomic mass is 10.1. The van der Waals surface area contributed by atoms with Crippen molar-refractivity contribution >= 4 is 5.91 Å². The molecule has 0 fully saturated rings. The van der Waals surface area contributed by atoms with E-state index in [0.717, 1.165) is 12.1 Å². The molecule has 21 heavy (non-hydrogen) atoms. The maximum Gasteiger partial charge on any atom is 0.231 e. The number of carbonyl (C=O) groups excluding carboxylic acids is 1. The molecule has 0 aliphatic carbocycles. The Bertz CT molecular complexity index is 546. The summed E-state index contributed by atoms with van der Waals surface area (Å²) in [6.07, 6.45) is 0. The highest BCUT2D eigenvalue weighted by molar-refractivity contribution is 5.75. The molecule has 114 valence electrons. The zero-order valence-electron chi connectivity index (χ0n) is 12.5. The fraction of sp³-hybridized carbons (Fsp3) is 0.438. The van der Waals surface area contributed by atoms with Gasteiger partial charge in [-0.15, -0.1) is 0 Å². The van der Waals surface area contributed by atoms with E-state index in [0.29, 0.717) is 18.0 Å². The number of hydrogen-bond acceptors (Lipinski definition) is 3. The van der Waals surface area contributed by atoms with Crippen molar-refractivity contribution < 1.29 is 9.18 Å². The first-order valence-corrected chi connectivity index (χ1v) is 6.90. The number of primary amides is 1. The smallest absolute Gasteiger partial charge is 0.231 e. The first kappa shape index (κ1) is 17.2. The Morgan fingerprint density at radius 3 is 2.71 bits per heavy atom. The van der Waals surface area contributed by atoms with E-state index in [-0.39, 0.29) is 24.8 Å². The van der Waals surface area contributed by atoms with Gasteiger partial charge in [0.25, 0.3) is 0 Å². The van der Waals surface area contributed by atoms with Crippen LogP contribution in [0.4, 0.5) is 4.39 Å². The number of nitrogens with two attached hydrogens (primary N) is 2. The molecule has 0 radical (unpaired) electrons. The number of halogens is 1. The lowest BCUT2D eigenvalue weighted by molar-refractivity contribution is -0.119. The first-order valence-electron chi connectivity index (χ1n) is 6.90. The van der Waals surface area contributed by atoms with Crippen LogP contribution in [0.3, 0.4) is 0 Å². The summed E-state index contributed by atoms with van der Waals surface area (Å²) in [5.74, 6) is 5.01. The Kier molecular flexibility index (Phi) is 6.86. The second kappa shape index (κ2) is 8.40. The van der Waals surface area contributed by atoms with Gasteiger partial charge in [-0.2, -0.15) is 0 Å². The predicted molar refractivity (Wildman–Crippen MR) is 81.6 cm³/mol. The van der Waals surface area contributed by atoms with Gasteiger partial charge in [0.05, 0.1) is 18.7 Å². The number of carbonyl (C=O) groups is 1. The third-order valence-electron chi connectivity index (χ3n) is 2.76. The summed E-state index contributed by atoms with van der Waals surface area (Å²) in [6, 6.07) is 4.76. The summed E-state index contributed by atoms with van der Waals surface area (Å²) >= 11 is 0. The molecule has 4 nitrogen and oxygen atoms in total. The van der Waals surface area contributed by atoms with Crippen LogP contribution in [0.2, 0.25) is 0 Å². The highest BCUT2D eigenvalue weighted by Gasteiger charge is 2.12. The number of rotatable bonds is 6. The van der Waals surface area contributed by atoms with E-state index in [1.807, 2.05) is 4.90 Å². The Hall–Kier alpha value is -1.90. The van der Waals surface area contributed by atoms with Crippen molar-refractivity contribution in [1.82, 2.24) is 4.90 Å². The molecule has 0 unspecified atom stereocenters. The van der Waals surface area contributed by atoms with E-state index in [9.17, 15) is 9.18 Å². The SMILES string of the molecule is CC(C)CN(CC(N)=O)Cc1ccc(F)c(C#CCN)c1. The van der Waals surface area contributed by atoms with Gasteiger partial charge in [0.2, 0.25) is 5.91 Å². The van der Waals surface area contributed by atoms with Gasteiger partial charge >= 0.3 is 0 Å².